The maximum Gasteiger partial charge on any atom is 0.407 e. The van der Waals surface area contributed by atoms with E-state index in [0.717, 1.165) is 89.2 Å². The van der Waals surface area contributed by atoms with Gasteiger partial charge in [0.2, 0.25) is 11.8 Å². The molecule has 1 aliphatic carbocycles. The number of rotatable bonds is 13. The van der Waals surface area contributed by atoms with Gasteiger partial charge in [0.1, 0.15) is 35.1 Å². The predicted molar refractivity (Wildman–Crippen MR) is 227 cm³/mol. The molecule has 15 heteroatoms. The molecule has 3 atom stereocenters. The number of aromatic amines is 2. The molecule has 1 aliphatic heterocycles. The Kier molecular flexibility index (Phi) is 12.6. The fourth-order valence-corrected chi connectivity index (χ4v) is 8.48. The van der Waals surface area contributed by atoms with Gasteiger partial charge in [-0.1, -0.05) is 46.8 Å². The van der Waals surface area contributed by atoms with Gasteiger partial charge in [-0.2, -0.15) is 0 Å². The molecule has 15 nitrogen and oxygen atoms in total. The largest absolute Gasteiger partial charge is 0.456 e. The molecule has 4 amide bonds. The van der Waals surface area contributed by atoms with Crippen LogP contribution in [0.15, 0.2) is 53.2 Å². The number of methoxy groups -OCH3 is 2. The molecule has 318 valence electrons. The van der Waals surface area contributed by atoms with Gasteiger partial charge in [-0.25, -0.2) is 19.6 Å². The van der Waals surface area contributed by atoms with Crippen LogP contribution in [0.5, 0.6) is 0 Å². The Morgan fingerprint density at radius 2 is 1.57 bits per heavy atom. The maximum atomic E-state index is 13.7. The molecule has 1 saturated heterocycles. The Hall–Kier alpha value is -6.12. The van der Waals surface area contributed by atoms with Crippen molar-refractivity contribution >= 4 is 35.0 Å². The van der Waals surface area contributed by atoms with E-state index in [4.69, 9.17) is 18.9 Å². The number of alkyl carbamates (subject to hydrolysis) is 2. The van der Waals surface area contributed by atoms with E-state index < -0.39 is 24.3 Å². The molecule has 0 spiro atoms. The first-order valence-electron chi connectivity index (χ1n) is 21.0. The molecule has 0 unspecified atom stereocenters. The maximum absolute atomic E-state index is 13.7. The first-order valence-corrected chi connectivity index (χ1v) is 21.0. The van der Waals surface area contributed by atoms with Gasteiger partial charge >= 0.3 is 12.2 Å². The summed E-state index contributed by atoms with van der Waals surface area (Å²) in [6.07, 6.45) is 7.41. The van der Waals surface area contributed by atoms with Crippen molar-refractivity contribution in [2.24, 2.45) is 11.8 Å². The van der Waals surface area contributed by atoms with Crippen molar-refractivity contribution in [2.75, 3.05) is 27.3 Å². The first-order chi connectivity index (χ1) is 28.9. The number of H-pyrrole nitrogens is 2. The number of carbonyl (C=O) groups is 4. The van der Waals surface area contributed by atoms with E-state index in [-0.39, 0.29) is 36.2 Å². The normalized spacial score (nSPS) is 15.9. The van der Waals surface area contributed by atoms with Gasteiger partial charge in [-0.3, -0.25) is 9.59 Å². The minimum Gasteiger partial charge on any atom is -0.456 e. The van der Waals surface area contributed by atoms with Crippen LogP contribution in [0.3, 0.4) is 0 Å². The zero-order valence-corrected chi connectivity index (χ0v) is 35.5. The van der Waals surface area contributed by atoms with Gasteiger partial charge in [-0.05, 0) is 85.8 Å². The number of imidazole rings is 2. The van der Waals surface area contributed by atoms with Crippen LogP contribution in [-0.2, 0) is 38.4 Å². The molecular formula is C45H56N8O7. The smallest absolute Gasteiger partial charge is 0.407 e. The number of nitrogens with zero attached hydrogens (tertiary/aromatic N) is 4. The standard InChI is InChI=1S/C45H56N8O7/c1-8-18-52(42(54)38(25(2)3)50-44(56)58-6)24-37-46-22-33(48-37)28-14-16-30-27(20-28)11-9-12-31-32-21-29(15-17-36(32)60-40(30)31)34-23-47-41(49-34)35-13-10-19-53(35)43(55)39(26(4)5)51-45(57)59-7/h14-17,20-23,25-26,35,38-39H,8-13,18-19,24H2,1-7H3,(H,46,48)(H,47,49)(H,50,56)(H,51,57)/t35-,38-,39-/m0/s1. The lowest BCUT2D eigenvalue weighted by Gasteiger charge is -2.30. The number of fused-ring (bicyclic) bond motifs is 5. The number of benzene rings is 2. The van der Waals surface area contributed by atoms with Crippen LogP contribution in [0, 0.1) is 11.8 Å². The van der Waals surface area contributed by atoms with Crippen molar-refractivity contribution in [2.45, 2.75) is 97.8 Å². The van der Waals surface area contributed by atoms with Crippen LogP contribution in [0.25, 0.3) is 44.8 Å². The fraction of sp³-hybridized carbons (Fsp3) is 0.467. The van der Waals surface area contributed by atoms with Crippen LogP contribution < -0.4 is 10.6 Å². The highest BCUT2D eigenvalue weighted by atomic mass is 16.5. The molecule has 1 fully saturated rings. The topological polar surface area (TPSA) is 188 Å². The van der Waals surface area contributed by atoms with Crippen molar-refractivity contribution < 1.29 is 33.1 Å². The van der Waals surface area contributed by atoms with E-state index in [1.165, 1.54) is 25.3 Å². The van der Waals surface area contributed by atoms with Crippen molar-refractivity contribution in [1.82, 2.24) is 40.4 Å². The Morgan fingerprint density at radius 3 is 2.28 bits per heavy atom. The van der Waals surface area contributed by atoms with Crippen LogP contribution >= 0.6 is 0 Å². The summed E-state index contributed by atoms with van der Waals surface area (Å²) < 4.78 is 16.2. The molecule has 60 heavy (non-hydrogen) atoms. The van der Waals surface area contributed by atoms with E-state index in [1.807, 2.05) is 57.8 Å². The molecule has 3 aromatic heterocycles. The van der Waals surface area contributed by atoms with E-state index in [0.29, 0.717) is 18.9 Å². The molecule has 2 aromatic carbocycles. The number of carbonyl (C=O) groups excluding carboxylic acids is 4. The third-order valence-electron chi connectivity index (χ3n) is 11.6. The number of likely N-dealkylation sites (tertiary alicyclic amines) is 1. The number of ether oxygens (including phenoxy) is 2. The Morgan fingerprint density at radius 1 is 0.883 bits per heavy atom. The van der Waals surface area contributed by atoms with Crippen LogP contribution in [-0.4, -0.2) is 93.1 Å². The summed E-state index contributed by atoms with van der Waals surface area (Å²) in [6, 6.07) is 11.0. The summed E-state index contributed by atoms with van der Waals surface area (Å²) in [5.74, 6) is 1.69. The summed E-state index contributed by atoms with van der Waals surface area (Å²) in [4.78, 5) is 71.2. The van der Waals surface area contributed by atoms with E-state index in [2.05, 4.69) is 49.9 Å². The van der Waals surface area contributed by atoms with E-state index in [9.17, 15) is 19.2 Å². The number of amides is 4. The van der Waals surface area contributed by atoms with Crippen LogP contribution in [0.2, 0.25) is 0 Å². The number of aryl methyl sites for hydroxylation is 2. The van der Waals surface area contributed by atoms with Gasteiger partial charge in [-0.15, -0.1) is 0 Å². The second kappa shape index (κ2) is 18.0. The van der Waals surface area contributed by atoms with Gasteiger partial charge in [0.15, 0.2) is 0 Å². The molecule has 0 bridgehead atoms. The summed E-state index contributed by atoms with van der Waals surface area (Å²) in [5.41, 5.74) is 7.92. The number of hydrogen-bond donors (Lipinski definition) is 4. The van der Waals surface area contributed by atoms with Crippen LogP contribution in [0.1, 0.15) is 89.1 Å². The number of nitrogens with one attached hydrogen (secondary N) is 4. The number of hydrogen-bond acceptors (Lipinski definition) is 9. The van der Waals surface area contributed by atoms with Gasteiger partial charge in [0.25, 0.3) is 0 Å². The van der Waals surface area contributed by atoms with Crippen molar-refractivity contribution in [3.8, 4) is 33.8 Å². The zero-order chi connectivity index (χ0) is 42.7. The monoisotopic (exact) mass is 820 g/mol. The molecule has 2 aliphatic rings. The second-order valence-electron chi connectivity index (χ2n) is 16.4. The minimum absolute atomic E-state index is 0.115. The lowest BCUT2D eigenvalue weighted by Crippen LogP contribution is -2.51. The second-order valence-corrected chi connectivity index (χ2v) is 16.4. The fourth-order valence-electron chi connectivity index (χ4n) is 8.48. The van der Waals surface area contributed by atoms with Gasteiger partial charge < -0.3 is 44.3 Å². The average Bonchev–Trinajstić information content (AvgIpc) is 4.06. The van der Waals surface area contributed by atoms with Crippen molar-refractivity contribution in [3.63, 3.8) is 0 Å². The highest BCUT2D eigenvalue weighted by Crippen LogP contribution is 2.42. The molecule has 5 aromatic rings. The quantitative estimate of drug-likeness (QED) is 0.0931. The molecule has 0 radical (unpaired) electrons. The SMILES string of the molecule is CCCN(Cc1ncc(-c2ccc3c(c2)CCCc2c-3oc3ccc(-c4cnc([C@@H]5CCCN5C(=O)[C@@H](NC(=O)OC)C(C)C)[nH]4)cc23)[nH]1)C(=O)[C@@H](NC(=O)OC)C(C)C. The predicted octanol–water partition coefficient (Wildman–Crippen LogP) is 7.53. The third kappa shape index (κ3) is 8.61. The van der Waals surface area contributed by atoms with Crippen LogP contribution in [0.4, 0.5) is 9.59 Å². The summed E-state index contributed by atoms with van der Waals surface area (Å²) in [7, 11) is 2.58. The Bertz CT molecular complexity index is 2360. The molecule has 0 saturated carbocycles. The minimum atomic E-state index is -0.717. The number of furan rings is 1. The third-order valence-corrected chi connectivity index (χ3v) is 11.6. The summed E-state index contributed by atoms with van der Waals surface area (Å²) in [5, 5.41) is 6.46. The Labute approximate surface area is 350 Å². The molecular weight excluding hydrogens is 765 g/mol. The van der Waals surface area contributed by atoms with Gasteiger partial charge in [0.05, 0.1) is 50.6 Å². The van der Waals surface area contributed by atoms with E-state index >= 15 is 0 Å². The Balaban J connectivity index is 1.09. The van der Waals surface area contributed by atoms with Crippen molar-refractivity contribution in [3.05, 3.63) is 71.6 Å². The van der Waals surface area contributed by atoms with Crippen molar-refractivity contribution in [1.29, 1.82) is 0 Å². The number of aromatic nitrogens is 4. The lowest BCUT2D eigenvalue weighted by atomic mass is 9.98. The van der Waals surface area contributed by atoms with Gasteiger partial charge in [0, 0.05) is 35.2 Å². The summed E-state index contributed by atoms with van der Waals surface area (Å²) >= 11 is 0. The lowest BCUT2D eigenvalue weighted by molar-refractivity contribution is -0.136. The zero-order valence-electron chi connectivity index (χ0n) is 35.5. The molecule has 4 N–H and O–H groups in total. The molecule has 4 heterocycles. The first kappa shape index (κ1) is 42.0. The highest BCUT2D eigenvalue weighted by molar-refractivity contribution is 5.92. The average molecular weight is 821 g/mol. The highest BCUT2D eigenvalue weighted by Gasteiger charge is 2.38. The molecule has 7 rings (SSSR count). The van der Waals surface area contributed by atoms with E-state index in [1.54, 1.807) is 11.1 Å². The summed E-state index contributed by atoms with van der Waals surface area (Å²) in [6.45, 7) is 11.0.